The molecule has 1 unspecified atom stereocenters. The molecule has 1 aliphatic carbocycles. The number of rotatable bonds is 6. The summed E-state index contributed by atoms with van der Waals surface area (Å²) in [7, 11) is 0. The largest absolute Gasteiger partial charge is 0.333 e. The van der Waals surface area contributed by atoms with Crippen molar-refractivity contribution in [1.29, 1.82) is 0 Å². The van der Waals surface area contributed by atoms with Gasteiger partial charge in [0, 0.05) is 17.5 Å². The van der Waals surface area contributed by atoms with Crippen molar-refractivity contribution in [2.24, 2.45) is 5.92 Å². The van der Waals surface area contributed by atoms with Gasteiger partial charge in [-0.05, 0) is 75.7 Å². The number of nitrogens with one attached hydrogen (secondary N) is 1. The molecule has 2 fully saturated rings. The Morgan fingerprint density at radius 2 is 1.83 bits per heavy atom. The van der Waals surface area contributed by atoms with Gasteiger partial charge in [-0.15, -0.1) is 12.4 Å². The van der Waals surface area contributed by atoms with Crippen LogP contribution < -0.4 is 5.32 Å². The number of carbonyl (C=O) groups is 1. The number of benzene rings is 1. The standard InChI is InChI=1S/C19H27ClN2O.ClH/c1-14(16-3-5-17(20)6-4-16)22(18-7-8-18)19(23)9-2-15-10-12-21-13-11-15;/h3-6,14-15,18,21H,2,7-13H2,1H3;1H. The van der Waals surface area contributed by atoms with E-state index in [-0.39, 0.29) is 18.4 Å². The Morgan fingerprint density at radius 1 is 1.21 bits per heavy atom. The molecule has 1 saturated heterocycles. The second-order valence-corrected chi connectivity index (χ2v) is 7.43. The lowest BCUT2D eigenvalue weighted by atomic mass is 9.93. The van der Waals surface area contributed by atoms with E-state index in [4.69, 9.17) is 11.6 Å². The molecule has 0 spiro atoms. The normalized spacial score (nSPS) is 19.4. The van der Waals surface area contributed by atoms with Gasteiger partial charge >= 0.3 is 0 Å². The van der Waals surface area contributed by atoms with Gasteiger partial charge in [0.05, 0.1) is 6.04 Å². The predicted molar refractivity (Wildman–Crippen MR) is 102 cm³/mol. The number of carbonyl (C=O) groups excluding carboxylic acids is 1. The summed E-state index contributed by atoms with van der Waals surface area (Å²) < 4.78 is 0. The molecule has 1 aliphatic heterocycles. The van der Waals surface area contributed by atoms with Gasteiger partial charge in [0.2, 0.25) is 5.91 Å². The van der Waals surface area contributed by atoms with Crippen LogP contribution in [0.15, 0.2) is 24.3 Å². The summed E-state index contributed by atoms with van der Waals surface area (Å²) in [5.74, 6) is 1.04. The van der Waals surface area contributed by atoms with E-state index in [1.165, 1.54) is 18.4 Å². The van der Waals surface area contributed by atoms with Gasteiger partial charge in [-0.3, -0.25) is 4.79 Å². The molecule has 1 aromatic carbocycles. The lowest BCUT2D eigenvalue weighted by Crippen LogP contribution is -2.36. The first-order valence-electron chi connectivity index (χ1n) is 8.92. The number of amides is 1. The SMILES string of the molecule is CC(c1ccc(Cl)cc1)N(C(=O)CCC1CCNCC1)C1CC1.Cl. The van der Waals surface area contributed by atoms with Crippen LogP contribution in [0.25, 0.3) is 0 Å². The fraction of sp³-hybridized carbons (Fsp3) is 0.632. The zero-order valence-electron chi connectivity index (χ0n) is 14.3. The van der Waals surface area contributed by atoms with Crippen molar-refractivity contribution in [3.05, 3.63) is 34.9 Å². The molecule has 1 atom stereocenters. The fourth-order valence-electron chi connectivity index (χ4n) is 3.62. The average molecular weight is 371 g/mol. The first kappa shape index (κ1) is 19.6. The zero-order chi connectivity index (χ0) is 16.2. The van der Waals surface area contributed by atoms with Gasteiger partial charge in [-0.1, -0.05) is 23.7 Å². The van der Waals surface area contributed by atoms with E-state index >= 15 is 0 Å². The van der Waals surface area contributed by atoms with E-state index in [0.717, 1.165) is 37.4 Å². The minimum absolute atomic E-state index is 0. The third-order valence-corrected chi connectivity index (χ3v) is 5.48. The molecular weight excluding hydrogens is 343 g/mol. The second-order valence-electron chi connectivity index (χ2n) is 6.99. The number of nitrogens with zero attached hydrogens (tertiary/aromatic N) is 1. The third kappa shape index (κ3) is 5.11. The monoisotopic (exact) mass is 370 g/mol. The van der Waals surface area contributed by atoms with Gasteiger partial charge in [0.1, 0.15) is 0 Å². The van der Waals surface area contributed by atoms with Crippen LogP contribution >= 0.6 is 24.0 Å². The Balaban J connectivity index is 0.00000208. The van der Waals surface area contributed by atoms with Crippen molar-refractivity contribution in [3.63, 3.8) is 0 Å². The summed E-state index contributed by atoms with van der Waals surface area (Å²) in [6, 6.07) is 8.50. The molecule has 1 heterocycles. The molecule has 3 rings (SSSR count). The first-order chi connectivity index (χ1) is 11.1. The van der Waals surface area contributed by atoms with Crippen molar-refractivity contribution in [3.8, 4) is 0 Å². The maximum Gasteiger partial charge on any atom is 0.223 e. The Kier molecular flexibility index (Phi) is 7.39. The van der Waals surface area contributed by atoms with Crippen LogP contribution in [0.4, 0.5) is 0 Å². The summed E-state index contributed by atoms with van der Waals surface area (Å²) >= 11 is 5.98. The van der Waals surface area contributed by atoms with Crippen molar-refractivity contribution >= 4 is 29.9 Å². The molecule has 1 aromatic rings. The number of hydrogen-bond donors (Lipinski definition) is 1. The predicted octanol–water partition coefficient (Wildman–Crippen LogP) is 4.59. The highest BCUT2D eigenvalue weighted by Gasteiger charge is 2.36. The lowest BCUT2D eigenvalue weighted by molar-refractivity contribution is -0.134. The molecule has 0 bridgehead atoms. The van der Waals surface area contributed by atoms with E-state index in [1.807, 2.05) is 24.3 Å². The van der Waals surface area contributed by atoms with Crippen LogP contribution in [-0.4, -0.2) is 29.9 Å². The maximum absolute atomic E-state index is 12.8. The lowest BCUT2D eigenvalue weighted by Gasteiger charge is -2.31. The number of halogens is 2. The van der Waals surface area contributed by atoms with Gasteiger partial charge in [0.15, 0.2) is 0 Å². The molecule has 1 saturated carbocycles. The van der Waals surface area contributed by atoms with Crippen molar-refractivity contribution in [1.82, 2.24) is 10.2 Å². The minimum atomic E-state index is 0. The van der Waals surface area contributed by atoms with E-state index in [0.29, 0.717) is 24.3 Å². The summed E-state index contributed by atoms with van der Waals surface area (Å²) in [6.07, 6.45) is 6.46. The topological polar surface area (TPSA) is 32.3 Å². The quantitative estimate of drug-likeness (QED) is 0.793. The summed E-state index contributed by atoms with van der Waals surface area (Å²) in [6.45, 7) is 4.35. The number of hydrogen-bond acceptors (Lipinski definition) is 2. The van der Waals surface area contributed by atoms with Gasteiger partial charge in [-0.2, -0.15) is 0 Å². The van der Waals surface area contributed by atoms with Gasteiger partial charge < -0.3 is 10.2 Å². The van der Waals surface area contributed by atoms with Crippen LogP contribution in [0.2, 0.25) is 5.02 Å². The maximum atomic E-state index is 12.8. The minimum Gasteiger partial charge on any atom is -0.333 e. The summed E-state index contributed by atoms with van der Waals surface area (Å²) in [5, 5.41) is 4.14. The van der Waals surface area contributed by atoms with E-state index in [2.05, 4.69) is 17.1 Å². The molecule has 3 nitrogen and oxygen atoms in total. The molecule has 24 heavy (non-hydrogen) atoms. The van der Waals surface area contributed by atoms with Crippen LogP contribution in [0.1, 0.15) is 57.1 Å². The van der Waals surface area contributed by atoms with Crippen molar-refractivity contribution < 1.29 is 4.79 Å². The molecular formula is C19H28Cl2N2O. The molecule has 1 N–H and O–H groups in total. The highest BCUT2D eigenvalue weighted by atomic mass is 35.5. The molecule has 1 amide bonds. The highest BCUT2D eigenvalue weighted by molar-refractivity contribution is 6.30. The molecule has 2 aliphatic rings. The van der Waals surface area contributed by atoms with Gasteiger partial charge in [-0.25, -0.2) is 0 Å². The number of piperidine rings is 1. The van der Waals surface area contributed by atoms with Gasteiger partial charge in [0.25, 0.3) is 0 Å². The molecule has 134 valence electrons. The molecule has 0 radical (unpaired) electrons. The fourth-order valence-corrected chi connectivity index (χ4v) is 3.74. The Morgan fingerprint density at radius 3 is 2.42 bits per heavy atom. The zero-order valence-corrected chi connectivity index (χ0v) is 15.9. The van der Waals surface area contributed by atoms with E-state index < -0.39 is 0 Å². The highest BCUT2D eigenvalue weighted by Crippen LogP contribution is 2.35. The Bertz CT molecular complexity index is 525. The third-order valence-electron chi connectivity index (χ3n) is 5.22. The Hall–Kier alpha value is -0.770. The summed E-state index contributed by atoms with van der Waals surface area (Å²) in [4.78, 5) is 15.0. The summed E-state index contributed by atoms with van der Waals surface area (Å²) in [5.41, 5.74) is 1.18. The Labute approximate surface area is 156 Å². The second kappa shape index (κ2) is 9.07. The van der Waals surface area contributed by atoms with Crippen LogP contribution in [0.3, 0.4) is 0 Å². The van der Waals surface area contributed by atoms with Crippen LogP contribution in [-0.2, 0) is 4.79 Å². The van der Waals surface area contributed by atoms with Crippen molar-refractivity contribution in [2.45, 2.75) is 57.5 Å². The van der Waals surface area contributed by atoms with E-state index in [1.54, 1.807) is 0 Å². The smallest absolute Gasteiger partial charge is 0.223 e. The van der Waals surface area contributed by atoms with Crippen LogP contribution in [0.5, 0.6) is 0 Å². The molecule has 5 heteroatoms. The van der Waals surface area contributed by atoms with Crippen molar-refractivity contribution in [2.75, 3.05) is 13.1 Å². The van der Waals surface area contributed by atoms with Crippen LogP contribution in [0, 0.1) is 5.92 Å². The molecule has 0 aromatic heterocycles. The first-order valence-corrected chi connectivity index (χ1v) is 9.30. The average Bonchev–Trinajstić information content (AvgIpc) is 3.39. The van der Waals surface area contributed by atoms with E-state index in [9.17, 15) is 4.79 Å².